The first-order chi connectivity index (χ1) is 13.5. The zero-order chi connectivity index (χ0) is 19.7. The summed E-state index contributed by atoms with van der Waals surface area (Å²) in [6.07, 6.45) is 2.55. The Labute approximate surface area is 160 Å². The molecule has 1 saturated carbocycles. The summed E-state index contributed by atoms with van der Waals surface area (Å²) < 4.78 is 16.4. The summed E-state index contributed by atoms with van der Waals surface area (Å²) in [7, 11) is 1.57. The van der Waals surface area contributed by atoms with E-state index in [0.717, 1.165) is 19.3 Å². The predicted octanol–water partition coefficient (Wildman–Crippen LogP) is 3.78. The number of nitro groups is 1. The molecule has 1 aromatic heterocycles. The molecule has 9 heteroatoms. The molecule has 9 nitrogen and oxygen atoms in total. The molecule has 0 radical (unpaired) electrons. The van der Waals surface area contributed by atoms with Gasteiger partial charge in [0.25, 0.3) is 11.6 Å². The van der Waals surface area contributed by atoms with Gasteiger partial charge in [0.1, 0.15) is 17.2 Å². The molecule has 4 rings (SSSR count). The van der Waals surface area contributed by atoms with Crippen molar-refractivity contribution in [1.29, 1.82) is 0 Å². The zero-order valence-electron chi connectivity index (χ0n) is 15.1. The largest absolute Gasteiger partial charge is 0.497 e. The standard InChI is InChI=1S/C19H18N4O5/c1-26-13-4-6-14(7-5-13)27-16-8-3-12(23(24)25)11-15(16)17-21-18(22-28-17)19(20)9-2-10-19/h3-8,11H,2,9-10,20H2,1H3. The highest BCUT2D eigenvalue weighted by Gasteiger charge is 2.39. The molecule has 0 saturated heterocycles. The van der Waals surface area contributed by atoms with Crippen molar-refractivity contribution in [3.8, 4) is 28.7 Å². The topological polar surface area (TPSA) is 127 Å². The molecular formula is C19H18N4O5. The van der Waals surface area contributed by atoms with Crippen LogP contribution in [0.4, 0.5) is 5.69 Å². The number of hydrogen-bond acceptors (Lipinski definition) is 8. The van der Waals surface area contributed by atoms with Crippen LogP contribution in [0.1, 0.15) is 25.1 Å². The smallest absolute Gasteiger partial charge is 0.270 e. The van der Waals surface area contributed by atoms with Gasteiger partial charge in [-0.1, -0.05) is 5.16 Å². The first kappa shape index (κ1) is 17.9. The van der Waals surface area contributed by atoms with E-state index in [1.165, 1.54) is 18.2 Å². The van der Waals surface area contributed by atoms with Gasteiger partial charge in [0.2, 0.25) is 0 Å². The quantitative estimate of drug-likeness (QED) is 0.504. The molecule has 2 N–H and O–H groups in total. The van der Waals surface area contributed by atoms with Gasteiger partial charge in [-0.05, 0) is 49.6 Å². The van der Waals surface area contributed by atoms with E-state index in [0.29, 0.717) is 28.6 Å². The molecule has 28 heavy (non-hydrogen) atoms. The summed E-state index contributed by atoms with van der Waals surface area (Å²) in [5.74, 6) is 2.09. The van der Waals surface area contributed by atoms with Crippen LogP contribution >= 0.6 is 0 Å². The number of nitrogens with two attached hydrogens (primary N) is 1. The maximum absolute atomic E-state index is 11.2. The second-order valence-corrected chi connectivity index (χ2v) is 6.65. The minimum atomic E-state index is -0.598. The SMILES string of the molecule is COc1ccc(Oc2ccc([N+](=O)[O-])cc2-c2nc(C3(N)CCC3)no2)cc1. The normalized spacial score (nSPS) is 14.9. The van der Waals surface area contributed by atoms with Crippen molar-refractivity contribution in [2.75, 3.05) is 7.11 Å². The molecule has 1 heterocycles. The lowest BCUT2D eigenvalue weighted by Crippen LogP contribution is -2.44. The van der Waals surface area contributed by atoms with Gasteiger partial charge in [0.15, 0.2) is 5.82 Å². The molecule has 1 aliphatic rings. The Morgan fingerprint density at radius 3 is 2.50 bits per heavy atom. The van der Waals surface area contributed by atoms with Crippen LogP contribution in [0, 0.1) is 10.1 Å². The lowest BCUT2D eigenvalue weighted by atomic mass is 9.77. The van der Waals surface area contributed by atoms with Gasteiger partial charge in [0, 0.05) is 12.1 Å². The number of non-ortho nitro benzene ring substituents is 1. The van der Waals surface area contributed by atoms with Crippen LogP contribution in [0.5, 0.6) is 17.2 Å². The molecule has 0 aliphatic heterocycles. The second-order valence-electron chi connectivity index (χ2n) is 6.65. The van der Waals surface area contributed by atoms with Crippen LogP contribution in [0.2, 0.25) is 0 Å². The van der Waals surface area contributed by atoms with Gasteiger partial charge in [-0.25, -0.2) is 0 Å². The first-order valence-corrected chi connectivity index (χ1v) is 8.72. The molecule has 1 fully saturated rings. The van der Waals surface area contributed by atoms with E-state index in [9.17, 15) is 10.1 Å². The highest BCUT2D eigenvalue weighted by atomic mass is 16.6. The minimum Gasteiger partial charge on any atom is -0.497 e. The third-order valence-corrected chi connectivity index (χ3v) is 4.81. The molecule has 0 unspecified atom stereocenters. The van der Waals surface area contributed by atoms with Crippen LogP contribution in [-0.2, 0) is 5.54 Å². The summed E-state index contributed by atoms with van der Waals surface area (Å²) in [5, 5.41) is 15.2. The van der Waals surface area contributed by atoms with Crippen molar-refractivity contribution >= 4 is 5.69 Å². The molecule has 0 bridgehead atoms. The fourth-order valence-corrected chi connectivity index (χ4v) is 2.97. The molecule has 1 aliphatic carbocycles. The number of rotatable bonds is 6. The Kier molecular flexibility index (Phi) is 4.44. The van der Waals surface area contributed by atoms with E-state index in [1.54, 1.807) is 31.4 Å². The van der Waals surface area contributed by atoms with Gasteiger partial charge in [-0.15, -0.1) is 0 Å². The van der Waals surface area contributed by atoms with Crippen molar-refractivity contribution in [2.24, 2.45) is 5.73 Å². The fraction of sp³-hybridized carbons (Fsp3) is 0.263. The summed E-state index contributed by atoms with van der Waals surface area (Å²) >= 11 is 0. The van der Waals surface area contributed by atoms with E-state index in [4.69, 9.17) is 19.7 Å². The van der Waals surface area contributed by atoms with E-state index in [2.05, 4.69) is 10.1 Å². The third kappa shape index (κ3) is 3.27. The van der Waals surface area contributed by atoms with Crippen molar-refractivity contribution in [3.05, 3.63) is 58.4 Å². The van der Waals surface area contributed by atoms with Crippen LogP contribution in [-0.4, -0.2) is 22.2 Å². The number of aromatic nitrogens is 2. The average molecular weight is 382 g/mol. The Morgan fingerprint density at radius 2 is 1.89 bits per heavy atom. The molecule has 3 aromatic rings. The highest BCUT2D eigenvalue weighted by molar-refractivity contribution is 5.67. The number of ether oxygens (including phenoxy) is 2. The predicted molar refractivity (Wildman–Crippen MR) is 99.2 cm³/mol. The van der Waals surface area contributed by atoms with Crippen molar-refractivity contribution in [3.63, 3.8) is 0 Å². The van der Waals surface area contributed by atoms with Crippen LogP contribution in [0.15, 0.2) is 47.0 Å². The Morgan fingerprint density at radius 1 is 1.18 bits per heavy atom. The van der Waals surface area contributed by atoms with Gasteiger partial charge >= 0.3 is 0 Å². The molecule has 0 amide bonds. The van der Waals surface area contributed by atoms with Gasteiger partial charge in [0.05, 0.1) is 23.1 Å². The molecule has 0 atom stereocenters. The lowest BCUT2D eigenvalue weighted by Gasteiger charge is -2.34. The molecule has 0 spiro atoms. The minimum absolute atomic E-state index is 0.108. The average Bonchev–Trinajstić information content (AvgIpc) is 3.17. The summed E-state index contributed by atoms with van der Waals surface area (Å²) in [6, 6.07) is 11.2. The maximum Gasteiger partial charge on any atom is 0.270 e. The number of methoxy groups -OCH3 is 1. The van der Waals surface area contributed by atoms with Gasteiger partial charge in [-0.2, -0.15) is 4.98 Å². The first-order valence-electron chi connectivity index (χ1n) is 8.72. The van der Waals surface area contributed by atoms with Crippen molar-refractivity contribution in [2.45, 2.75) is 24.8 Å². The van der Waals surface area contributed by atoms with Crippen molar-refractivity contribution in [1.82, 2.24) is 10.1 Å². The molecular weight excluding hydrogens is 364 g/mol. The number of nitrogens with zero attached hydrogens (tertiary/aromatic N) is 3. The van der Waals surface area contributed by atoms with Crippen LogP contribution < -0.4 is 15.2 Å². The zero-order valence-corrected chi connectivity index (χ0v) is 15.1. The number of hydrogen-bond donors (Lipinski definition) is 1. The Bertz CT molecular complexity index is 1010. The van der Waals surface area contributed by atoms with E-state index < -0.39 is 10.5 Å². The third-order valence-electron chi connectivity index (χ3n) is 4.81. The van der Waals surface area contributed by atoms with E-state index in [-0.39, 0.29) is 11.6 Å². The maximum atomic E-state index is 11.2. The van der Waals surface area contributed by atoms with Crippen LogP contribution in [0.3, 0.4) is 0 Å². The van der Waals surface area contributed by atoms with Gasteiger partial charge < -0.3 is 19.7 Å². The van der Waals surface area contributed by atoms with E-state index in [1.807, 2.05) is 0 Å². The monoisotopic (exact) mass is 382 g/mol. The fourth-order valence-electron chi connectivity index (χ4n) is 2.97. The summed E-state index contributed by atoms with van der Waals surface area (Å²) in [4.78, 5) is 15.1. The highest BCUT2D eigenvalue weighted by Crippen LogP contribution is 2.40. The van der Waals surface area contributed by atoms with E-state index >= 15 is 0 Å². The van der Waals surface area contributed by atoms with Crippen LogP contribution in [0.25, 0.3) is 11.5 Å². The Balaban J connectivity index is 1.71. The number of benzene rings is 2. The molecule has 2 aromatic carbocycles. The Hall–Kier alpha value is -3.46. The summed E-state index contributed by atoms with van der Waals surface area (Å²) in [5.41, 5.74) is 5.87. The molecule has 144 valence electrons. The van der Waals surface area contributed by atoms with Crippen molar-refractivity contribution < 1.29 is 18.9 Å². The lowest BCUT2D eigenvalue weighted by molar-refractivity contribution is -0.384. The summed E-state index contributed by atoms with van der Waals surface area (Å²) in [6.45, 7) is 0. The number of nitro benzene ring substituents is 1. The second kappa shape index (κ2) is 6.93. The van der Waals surface area contributed by atoms with Gasteiger partial charge in [-0.3, -0.25) is 10.1 Å².